The van der Waals surface area contributed by atoms with Gasteiger partial charge in [0.05, 0.1) is 30.8 Å². The van der Waals surface area contributed by atoms with Gasteiger partial charge in [-0.15, -0.1) is 0 Å². The Kier molecular flexibility index (Phi) is 5.55. The van der Waals surface area contributed by atoms with Crippen molar-refractivity contribution in [3.05, 3.63) is 25.1 Å². The fourth-order valence-electron chi connectivity index (χ4n) is 1.04. The average molecular weight is 366 g/mol. The molecule has 1 aromatic carbocycles. The summed E-state index contributed by atoms with van der Waals surface area (Å²) in [7, 11) is 0. The smallest absolute Gasteiger partial charge is 0.263 e. The maximum Gasteiger partial charge on any atom is 0.263 e. The van der Waals surface area contributed by atoms with Crippen LogP contribution in [0.5, 0.6) is 0 Å². The number of benzene rings is 1. The van der Waals surface area contributed by atoms with Crippen molar-refractivity contribution in [3.8, 4) is 0 Å². The van der Waals surface area contributed by atoms with Crippen LogP contribution in [0.15, 0.2) is 0 Å². The van der Waals surface area contributed by atoms with Crippen molar-refractivity contribution in [1.82, 2.24) is 0 Å². The zero-order chi connectivity index (χ0) is 14.9. The van der Waals surface area contributed by atoms with Gasteiger partial charge in [-0.05, 0) is 0 Å². The Morgan fingerprint density at radius 2 is 1.32 bits per heavy atom. The van der Waals surface area contributed by atoms with E-state index in [1.54, 1.807) is 0 Å². The maximum atomic E-state index is 11.5. The lowest BCUT2D eigenvalue weighted by molar-refractivity contribution is -0.136. The zero-order valence-corrected chi connectivity index (χ0v) is 12.6. The molecule has 5 nitrogen and oxygen atoms in total. The molecule has 4 N–H and O–H groups in total. The first-order valence-corrected chi connectivity index (χ1v) is 6.37. The molecule has 0 aliphatic carbocycles. The lowest BCUT2D eigenvalue weighted by Gasteiger charge is -2.14. The molecular formula is C9H5Cl5N2O3. The third-order valence-corrected chi connectivity index (χ3v) is 4.25. The summed E-state index contributed by atoms with van der Waals surface area (Å²) in [5.74, 6) is -2.37. The molecule has 0 spiro atoms. The number of aliphatic hydroxyl groups excluding tert-OH is 1. The number of hydrogen-bond acceptors (Lipinski definition) is 3. The summed E-state index contributed by atoms with van der Waals surface area (Å²) in [6.45, 7) is 0. The van der Waals surface area contributed by atoms with Gasteiger partial charge in [-0.2, -0.15) is 0 Å². The number of anilines is 1. The predicted octanol–water partition coefficient (Wildman–Crippen LogP) is 2.74. The highest BCUT2D eigenvalue weighted by Gasteiger charge is 2.25. The second-order valence-electron chi connectivity index (χ2n) is 3.24. The van der Waals surface area contributed by atoms with Crippen LogP contribution >= 0.6 is 58.0 Å². The van der Waals surface area contributed by atoms with Gasteiger partial charge < -0.3 is 16.2 Å². The van der Waals surface area contributed by atoms with Crippen LogP contribution in [0.2, 0.25) is 25.1 Å². The van der Waals surface area contributed by atoms with E-state index < -0.39 is 17.9 Å². The van der Waals surface area contributed by atoms with E-state index in [-0.39, 0.29) is 30.8 Å². The molecule has 0 aromatic heterocycles. The van der Waals surface area contributed by atoms with Crippen LogP contribution in [-0.4, -0.2) is 23.0 Å². The van der Waals surface area contributed by atoms with E-state index in [4.69, 9.17) is 68.8 Å². The predicted molar refractivity (Wildman–Crippen MR) is 75.3 cm³/mol. The molecule has 1 unspecified atom stereocenters. The number of rotatable bonds is 3. The fourth-order valence-corrected chi connectivity index (χ4v) is 2.27. The molecule has 19 heavy (non-hydrogen) atoms. The normalized spacial score (nSPS) is 12.1. The van der Waals surface area contributed by atoms with Gasteiger partial charge in [-0.25, -0.2) is 0 Å². The highest BCUT2D eigenvalue weighted by molar-refractivity contribution is 6.56. The van der Waals surface area contributed by atoms with Crippen molar-refractivity contribution in [2.45, 2.75) is 6.10 Å². The minimum absolute atomic E-state index is 0.0909. The standard InChI is InChI=1S/C9H5Cl5N2O3/c10-1-2(11)4(13)6(5(14)3(1)12)16-9(19)7(17)8(15)18/h7,17H,(H2,15,18)(H,16,19). The highest BCUT2D eigenvalue weighted by Crippen LogP contribution is 2.46. The number of nitrogens with one attached hydrogen (secondary N) is 1. The summed E-state index contributed by atoms with van der Waals surface area (Å²) < 4.78 is 0. The second-order valence-corrected chi connectivity index (χ2v) is 5.13. The van der Waals surface area contributed by atoms with Gasteiger partial charge in [0.25, 0.3) is 11.8 Å². The summed E-state index contributed by atoms with van der Waals surface area (Å²) in [5.41, 5.74) is 4.57. The molecule has 0 radical (unpaired) electrons. The number of carbonyl (C=O) groups excluding carboxylic acids is 2. The topological polar surface area (TPSA) is 92.4 Å². The van der Waals surface area contributed by atoms with E-state index in [9.17, 15) is 9.59 Å². The molecule has 10 heteroatoms. The van der Waals surface area contributed by atoms with Crippen LogP contribution in [0.3, 0.4) is 0 Å². The van der Waals surface area contributed by atoms with E-state index in [0.717, 1.165) is 0 Å². The lowest BCUT2D eigenvalue weighted by Crippen LogP contribution is -2.39. The first-order chi connectivity index (χ1) is 8.68. The van der Waals surface area contributed by atoms with Gasteiger partial charge >= 0.3 is 0 Å². The molecule has 0 saturated heterocycles. The third-order valence-electron chi connectivity index (χ3n) is 1.98. The van der Waals surface area contributed by atoms with E-state index in [1.807, 2.05) is 0 Å². The Hall–Kier alpha value is -0.430. The summed E-state index contributed by atoms with van der Waals surface area (Å²) in [5, 5.41) is 10.5. The molecule has 1 rings (SSSR count). The molecular weight excluding hydrogens is 361 g/mol. The van der Waals surface area contributed by atoms with Gasteiger partial charge in [0.1, 0.15) is 0 Å². The largest absolute Gasteiger partial charge is 0.375 e. The van der Waals surface area contributed by atoms with Crippen molar-refractivity contribution >= 4 is 75.5 Å². The highest BCUT2D eigenvalue weighted by atomic mass is 35.5. The number of hydrogen-bond donors (Lipinski definition) is 3. The van der Waals surface area contributed by atoms with Crippen LogP contribution in [0.25, 0.3) is 0 Å². The summed E-state index contributed by atoms with van der Waals surface area (Å²) >= 11 is 29.0. The van der Waals surface area contributed by atoms with Crippen LogP contribution < -0.4 is 11.1 Å². The van der Waals surface area contributed by atoms with Crippen molar-refractivity contribution in [1.29, 1.82) is 0 Å². The van der Waals surface area contributed by atoms with Crippen LogP contribution in [-0.2, 0) is 9.59 Å². The molecule has 0 saturated carbocycles. The van der Waals surface area contributed by atoms with E-state index in [2.05, 4.69) is 5.32 Å². The van der Waals surface area contributed by atoms with Crippen molar-refractivity contribution < 1.29 is 14.7 Å². The lowest BCUT2D eigenvalue weighted by atomic mass is 10.2. The zero-order valence-electron chi connectivity index (χ0n) is 8.81. The van der Waals surface area contributed by atoms with Gasteiger partial charge in [-0.1, -0.05) is 58.0 Å². The van der Waals surface area contributed by atoms with Crippen LogP contribution in [0.1, 0.15) is 0 Å². The average Bonchev–Trinajstić information content (AvgIpc) is 2.37. The Morgan fingerprint density at radius 3 is 1.68 bits per heavy atom. The molecule has 2 amide bonds. The fraction of sp³-hybridized carbons (Fsp3) is 0.111. The molecule has 0 aliphatic rings. The molecule has 104 valence electrons. The first-order valence-electron chi connectivity index (χ1n) is 4.48. The Bertz CT molecular complexity index is 534. The van der Waals surface area contributed by atoms with Crippen molar-refractivity contribution in [2.24, 2.45) is 5.73 Å². The molecule has 0 aliphatic heterocycles. The van der Waals surface area contributed by atoms with E-state index in [0.29, 0.717) is 0 Å². The van der Waals surface area contributed by atoms with E-state index >= 15 is 0 Å². The Balaban J connectivity index is 3.23. The van der Waals surface area contributed by atoms with Crippen LogP contribution in [0, 0.1) is 0 Å². The second kappa shape index (κ2) is 6.35. The Morgan fingerprint density at radius 1 is 0.947 bits per heavy atom. The van der Waals surface area contributed by atoms with Gasteiger partial charge in [0.2, 0.25) is 6.10 Å². The van der Waals surface area contributed by atoms with E-state index in [1.165, 1.54) is 0 Å². The number of primary amides is 1. The number of halogens is 5. The Labute approximate surface area is 132 Å². The number of carbonyl (C=O) groups is 2. The minimum Gasteiger partial charge on any atom is -0.375 e. The van der Waals surface area contributed by atoms with Gasteiger partial charge in [0, 0.05) is 0 Å². The summed E-state index contributed by atoms with van der Waals surface area (Å²) in [6.07, 6.45) is -2.07. The molecule has 0 bridgehead atoms. The molecule has 1 atom stereocenters. The quantitative estimate of drug-likeness (QED) is 0.436. The SMILES string of the molecule is NC(=O)C(O)C(=O)Nc1c(Cl)c(Cl)c(Cl)c(Cl)c1Cl. The molecule has 0 fully saturated rings. The van der Waals surface area contributed by atoms with Gasteiger partial charge in [-0.3, -0.25) is 9.59 Å². The first kappa shape index (κ1) is 16.6. The van der Waals surface area contributed by atoms with Crippen molar-refractivity contribution in [2.75, 3.05) is 5.32 Å². The monoisotopic (exact) mass is 364 g/mol. The van der Waals surface area contributed by atoms with Crippen molar-refractivity contribution in [3.63, 3.8) is 0 Å². The summed E-state index contributed by atoms with van der Waals surface area (Å²) in [6, 6.07) is 0. The molecule has 1 aromatic rings. The number of amides is 2. The maximum absolute atomic E-state index is 11.5. The minimum atomic E-state index is -2.07. The van der Waals surface area contributed by atoms with Gasteiger partial charge in [0.15, 0.2) is 0 Å². The number of nitrogens with two attached hydrogens (primary N) is 1. The number of aliphatic hydroxyl groups is 1. The third kappa shape index (κ3) is 3.37. The summed E-state index contributed by atoms with van der Waals surface area (Å²) in [4.78, 5) is 22.1. The van der Waals surface area contributed by atoms with Crippen LogP contribution in [0.4, 0.5) is 5.69 Å². The molecule has 0 heterocycles.